The van der Waals surface area contributed by atoms with Gasteiger partial charge in [-0.2, -0.15) is 0 Å². The molecular formula is C15H19N3O. The summed E-state index contributed by atoms with van der Waals surface area (Å²) in [5, 5.41) is 1.15. The molecule has 1 saturated heterocycles. The van der Waals surface area contributed by atoms with Crippen molar-refractivity contribution in [1.29, 1.82) is 0 Å². The fourth-order valence-corrected chi connectivity index (χ4v) is 2.74. The normalized spacial score (nSPS) is 19.8. The Kier molecular flexibility index (Phi) is 3.25. The smallest absolute Gasteiger partial charge is 0.227 e. The Hall–Kier alpha value is -1.81. The van der Waals surface area contributed by atoms with E-state index in [0.717, 1.165) is 35.9 Å². The molecule has 4 heteroatoms. The molecule has 0 spiro atoms. The highest BCUT2D eigenvalue weighted by atomic mass is 16.2. The van der Waals surface area contributed by atoms with Gasteiger partial charge in [0.1, 0.15) is 0 Å². The van der Waals surface area contributed by atoms with E-state index in [-0.39, 0.29) is 11.9 Å². The fraction of sp³-hybridized carbons (Fsp3) is 0.400. The number of nitrogens with one attached hydrogen (secondary N) is 1. The van der Waals surface area contributed by atoms with Gasteiger partial charge in [0.15, 0.2) is 0 Å². The average molecular weight is 257 g/mol. The summed E-state index contributed by atoms with van der Waals surface area (Å²) in [6.45, 7) is 1.55. The summed E-state index contributed by atoms with van der Waals surface area (Å²) < 4.78 is 0. The number of carbonyl (C=O) groups is 1. The van der Waals surface area contributed by atoms with Crippen molar-refractivity contribution in [3.63, 3.8) is 0 Å². The van der Waals surface area contributed by atoms with E-state index in [9.17, 15) is 4.79 Å². The lowest BCUT2D eigenvalue weighted by Crippen LogP contribution is -2.46. The standard InChI is InChI=1S/C15H19N3O/c16-13-2-1-7-18(10-13)15(19)9-11-3-4-14-12(8-11)5-6-17-14/h3-6,8,13,17H,1-2,7,9-10,16H2. The zero-order chi connectivity index (χ0) is 13.2. The third kappa shape index (κ3) is 2.63. The molecule has 1 atom stereocenters. The number of rotatable bonds is 2. The molecule has 2 aromatic rings. The second-order valence-electron chi connectivity index (χ2n) is 5.32. The predicted octanol–water partition coefficient (Wildman–Crippen LogP) is 1.66. The number of piperidine rings is 1. The van der Waals surface area contributed by atoms with Crippen molar-refractivity contribution < 1.29 is 4.79 Å². The van der Waals surface area contributed by atoms with Crippen molar-refractivity contribution in [2.75, 3.05) is 13.1 Å². The van der Waals surface area contributed by atoms with Crippen molar-refractivity contribution in [1.82, 2.24) is 9.88 Å². The molecule has 1 fully saturated rings. The van der Waals surface area contributed by atoms with Crippen LogP contribution in [0.15, 0.2) is 30.5 Å². The maximum absolute atomic E-state index is 12.2. The number of fused-ring (bicyclic) bond motifs is 1. The van der Waals surface area contributed by atoms with E-state index in [2.05, 4.69) is 11.1 Å². The van der Waals surface area contributed by atoms with Crippen LogP contribution in [0, 0.1) is 0 Å². The molecule has 1 aromatic carbocycles. The average Bonchev–Trinajstić information content (AvgIpc) is 2.86. The van der Waals surface area contributed by atoms with Gasteiger partial charge in [-0.3, -0.25) is 4.79 Å². The maximum atomic E-state index is 12.2. The monoisotopic (exact) mass is 257 g/mol. The molecule has 1 aromatic heterocycles. The Morgan fingerprint density at radius 2 is 2.32 bits per heavy atom. The van der Waals surface area contributed by atoms with E-state index < -0.39 is 0 Å². The topological polar surface area (TPSA) is 62.1 Å². The van der Waals surface area contributed by atoms with Crippen molar-refractivity contribution in [3.05, 3.63) is 36.0 Å². The number of amides is 1. The van der Waals surface area contributed by atoms with Crippen molar-refractivity contribution in [3.8, 4) is 0 Å². The lowest BCUT2D eigenvalue weighted by atomic mass is 10.0. The molecule has 4 nitrogen and oxygen atoms in total. The molecule has 1 aliphatic heterocycles. The van der Waals surface area contributed by atoms with Gasteiger partial charge in [0.05, 0.1) is 6.42 Å². The second-order valence-corrected chi connectivity index (χ2v) is 5.32. The number of nitrogens with zero attached hydrogens (tertiary/aromatic N) is 1. The van der Waals surface area contributed by atoms with Crippen LogP contribution in [0.1, 0.15) is 18.4 Å². The number of carbonyl (C=O) groups excluding carboxylic acids is 1. The highest BCUT2D eigenvalue weighted by molar-refractivity contribution is 5.83. The van der Waals surface area contributed by atoms with Crippen LogP contribution in [-0.2, 0) is 11.2 Å². The largest absolute Gasteiger partial charge is 0.361 e. The van der Waals surface area contributed by atoms with Gasteiger partial charge in [0, 0.05) is 30.8 Å². The van der Waals surface area contributed by atoms with Crippen LogP contribution in [0.5, 0.6) is 0 Å². The molecule has 1 amide bonds. The number of hydrogen-bond donors (Lipinski definition) is 2. The van der Waals surface area contributed by atoms with E-state index in [1.807, 2.05) is 29.3 Å². The Bertz CT molecular complexity index is 590. The molecule has 1 unspecified atom stereocenters. The molecule has 19 heavy (non-hydrogen) atoms. The van der Waals surface area contributed by atoms with E-state index in [0.29, 0.717) is 13.0 Å². The molecular weight excluding hydrogens is 238 g/mol. The number of aromatic amines is 1. The van der Waals surface area contributed by atoms with Gasteiger partial charge in [-0.25, -0.2) is 0 Å². The minimum Gasteiger partial charge on any atom is -0.361 e. The Balaban J connectivity index is 1.71. The lowest BCUT2D eigenvalue weighted by Gasteiger charge is -2.30. The highest BCUT2D eigenvalue weighted by Gasteiger charge is 2.21. The Morgan fingerprint density at radius 3 is 3.16 bits per heavy atom. The quantitative estimate of drug-likeness (QED) is 0.859. The van der Waals surface area contributed by atoms with Crippen LogP contribution in [0.3, 0.4) is 0 Å². The van der Waals surface area contributed by atoms with Gasteiger partial charge in [-0.15, -0.1) is 0 Å². The predicted molar refractivity (Wildman–Crippen MR) is 75.8 cm³/mol. The zero-order valence-corrected chi connectivity index (χ0v) is 10.9. The van der Waals surface area contributed by atoms with Crippen molar-refractivity contribution >= 4 is 16.8 Å². The van der Waals surface area contributed by atoms with Crippen molar-refractivity contribution in [2.24, 2.45) is 5.73 Å². The SMILES string of the molecule is NC1CCCN(C(=O)Cc2ccc3[nH]ccc3c2)C1. The first-order valence-corrected chi connectivity index (χ1v) is 6.82. The number of likely N-dealkylation sites (tertiary alicyclic amines) is 1. The molecule has 0 bridgehead atoms. The van der Waals surface area contributed by atoms with Gasteiger partial charge < -0.3 is 15.6 Å². The molecule has 2 heterocycles. The molecule has 3 N–H and O–H groups in total. The molecule has 0 saturated carbocycles. The maximum Gasteiger partial charge on any atom is 0.227 e. The Labute approximate surface area is 112 Å². The van der Waals surface area contributed by atoms with Crippen LogP contribution >= 0.6 is 0 Å². The van der Waals surface area contributed by atoms with Crippen LogP contribution < -0.4 is 5.73 Å². The van der Waals surface area contributed by atoms with Crippen LogP contribution in [0.4, 0.5) is 0 Å². The first-order valence-electron chi connectivity index (χ1n) is 6.82. The minimum atomic E-state index is 0.143. The third-order valence-electron chi connectivity index (χ3n) is 3.78. The van der Waals surface area contributed by atoms with E-state index in [1.54, 1.807) is 0 Å². The molecule has 100 valence electrons. The fourth-order valence-electron chi connectivity index (χ4n) is 2.74. The summed E-state index contributed by atoms with van der Waals surface area (Å²) in [6, 6.07) is 8.29. The van der Waals surface area contributed by atoms with E-state index >= 15 is 0 Å². The lowest BCUT2D eigenvalue weighted by molar-refractivity contribution is -0.131. The highest BCUT2D eigenvalue weighted by Crippen LogP contribution is 2.16. The second kappa shape index (κ2) is 5.05. The van der Waals surface area contributed by atoms with Gasteiger partial charge in [0.25, 0.3) is 0 Å². The van der Waals surface area contributed by atoms with Crippen LogP contribution in [-0.4, -0.2) is 34.9 Å². The minimum absolute atomic E-state index is 0.143. The number of aromatic nitrogens is 1. The molecule has 0 aliphatic carbocycles. The summed E-state index contributed by atoms with van der Waals surface area (Å²) in [4.78, 5) is 17.3. The summed E-state index contributed by atoms with van der Waals surface area (Å²) in [7, 11) is 0. The van der Waals surface area contributed by atoms with Gasteiger partial charge in [-0.1, -0.05) is 6.07 Å². The summed E-state index contributed by atoms with van der Waals surface area (Å²) in [5.41, 5.74) is 8.09. The van der Waals surface area contributed by atoms with E-state index in [1.165, 1.54) is 0 Å². The third-order valence-corrected chi connectivity index (χ3v) is 3.78. The summed E-state index contributed by atoms with van der Waals surface area (Å²) >= 11 is 0. The van der Waals surface area contributed by atoms with Gasteiger partial charge in [-0.05, 0) is 42.0 Å². The van der Waals surface area contributed by atoms with Gasteiger partial charge in [0.2, 0.25) is 5.91 Å². The number of H-pyrrole nitrogens is 1. The van der Waals surface area contributed by atoms with E-state index in [4.69, 9.17) is 5.73 Å². The summed E-state index contributed by atoms with van der Waals surface area (Å²) in [5.74, 6) is 0.185. The zero-order valence-electron chi connectivity index (χ0n) is 10.9. The number of hydrogen-bond acceptors (Lipinski definition) is 2. The van der Waals surface area contributed by atoms with Crippen LogP contribution in [0.2, 0.25) is 0 Å². The molecule has 1 aliphatic rings. The summed E-state index contributed by atoms with van der Waals surface area (Å²) in [6.07, 6.45) is 4.43. The van der Waals surface area contributed by atoms with Crippen molar-refractivity contribution in [2.45, 2.75) is 25.3 Å². The molecule has 0 radical (unpaired) electrons. The van der Waals surface area contributed by atoms with Crippen LogP contribution in [0.25, 0.3) is 10.9 Å². The number of nitrogens with two attached hydrogens (primary N) is 1. The van der Waals surface area contributed by atoms with Gasteiger partial charge >= 0.3 is 0 Å². The Morgan fingerprint density at radius 1 is 1.42 bits per heavy atom. The first-order chi connectivity index (χ1) is 9.22. The first kappa shape index (κ1) is 12.2. The number of benzene rings is 1. The molecule has 3 rings (SSSR count).